The van der Waals surface area contributed by atoms with Crippen molar-refractivity contribution >= 4 is 21.8 Å². The van der Waals surface area contributed by atoms with Gasteiger partial charge >= 0.3 is 6.18 Å². The number of amides is 1. The van der Waals surface area contributed by atoms with Crippen LogP contribution in [0, 0.1) is 6.92 Å². The Morgan fingerprint density at radius 2 is 2.00 bits per heavy atom. The van der Waals surface area contributed by atoms with E-state index >= 15 is 0 Å². The van der Waals surface area contributed by atoms with Crippen LogP contribution in [-0.4, -0.2) is 18.1 Å². The Labute approximate surface area is 112 Å². The third-order valence-corrected chi connectivity index (χ3v) is 2.68. The molecule has 0 saturated carbocycles. The molecule has 1 amide bonds. The molecule has 1 aromatic rings. The molecule has 0 heterocycles. The molecular weight excluding hydrogens is 311 g/mol. The first-order chi connectivity index (χ1) is 8.17. The zero-order chi connectivity index (χ0) is 13.9. The van der Waals surface area contributed by atoms with E-state index in [0.29, 0.717) is 5.56 Å². The second-order valence-corrected chi connectivity index (χ2v) is 5.13. The van der Waals surface area contributed by atoms with Crippen LogP contribution in [0.3, 0.4) is 0 Å². The van der Waals surface area contributed by atoms with Gasteiger partial charge in [-0.2, -0.15) is 13.2 Å². The smallest absolute Gasteiger partial charge is 0.349 e. The normalized spacial score (nSPS) is 13.2. The maximum absolute atomic E-state index is 12.1. The summed E-state index contributed by atoms with van der Waals surface area (Å²) in [5.74, 6) is -0.504. The minimum Gasteiger partial charge on any atom is -0.349 e. The second kappa shape index (κ2) is 5.73. The molecule has 1 rings (SSSR count). The van der Waals surface area contributed by atoms with Crippen molar-refractivity contribution in [1.82, 2.24) is 5.32 Å². The second-order valence-electron chi connectivity index (χ2n) is 4.21. The zero-order valence-electron chi connectivity index (χ0n) is 9.94. The Morgan fingerprint density at radius 3 is 2.50 bits per heavy atom. The van der Waals surface area contributed by atoms with E-state index in [4.69, 9.17) is 0 Å². The summed E-state index contributed by atoms with van der Waals surface area (Å²) < 4.78 is 37.1. The van der Waals surface area contributed by atoms with Crippen molar-refractivity contribution in [3.63, 3.8) is 0 Å². The fourth-order valence-corrected chi connectivity index (χ4v) is 2.18. The first-order valence-electron chi connectivity index (χ1n) is 5.32. The van der Waals surface area contributed by atoms with Gasteiger partial charge in [0.2, 0.25) is 0 Å². The largest absolute Gasteiger partial charge is 0.391 e. The quantitative estimate of drug-likeness (QED) is 0.900. The van der Waals surface area contributed by atoms with Crippen LogP contribution in [0.5, 0.6) is 0 Å². The summed E-state index contributed by atoms with van der Waals surface area (Å²) in [7, 11) is 0. The first kappa shape index (κ1) is 15.0. The first-order valence-corrected chi connectivity index (χ1v) is 6.11. The van der Waals surface area contributed by atoms with Crippen LogP contribution in [-0.2, 0) is 0 Å². The average molecular weight is 324 g/mol. The molecule has 0 aromatic heterocycles. The molecule has 100 valence electrons. The molecule has 0 aliphatic heterocycles. The summed E-state index contributed by atoms with van der Waals surface area (Å²) in [6.45, 7) is 3.14. The molecule has 0 spiro atoms. The number of benzene rings is 1. The van der Waals surface area contributed by atoms with Crippen molar-refractivity contribution in [3.8, 4) is 0 Å². The van der Waals surface area contributed by atoms with Gasteiger partial charge in [-0.25, -0.2) is 0 Å². The molecule has 0 bridgehead atoms. The van der Waals surface area contributed by atoms with Crippen LogP contribution in [0.2, 0.25) is 0 Å². The molecule has 1 aromatic carbocycles. The molecule has 0 aliphatic carbocycles. The van der Waals surface area contributed by atoms with Crippen LogP contribution in [0.4, 0.5) is 13.2 Å². The Morgan fingerprint density at radius 1 is 1.39 bits per heavy atom. The molecular formula is C12H13BrF3NO. The number of carbonyl (C=O) groups is 1. The molecule has 18 heavy (non-hydrogen) atoms. The molecule has 1 atom stereocenters. The van der Waals surface area contributed by atoms with Gasteiger partial charge in [-0.15, -0.1) is 0 Å². The number of hydrogen-bond donors (Lipinski definition) is 1. The van der Waals surface area contributed by atoms with E-state index in [1.54, 1.807) is 19.1 Å². The van der Waals surface area contributed by atoms with Crippen molar-refractivity contribution in [2.75, 3.05) is 0 Å². The van der Waals surface area contributed by atoms with Gasteiger partial charge in [-0.05, 0) is 37.6 Å². The Hall–Kier alpha value is -1.04. The number of nitrogens with one attached hydrogen (secondary N) is 1. The highest BCUT2D eigenvalue weighted by molar-refractivity contribution is 9.10. The topological polar surface area (TPSA) is 29.1 Å². The van der Waals surface area contributed by atoms with E-state index in [2.05, 4.69) is 21.2 Å². The predicted molar refractivity (Wildman–Crippen MR) is 66.5 cm³/mol. The fraction of sp³-hybridized carbons (Fsp3) is 0.417. The van der Waals surface area contributed by atoms with Gasteiger partial charge in [0.15, 0.2) is 0 Å². The monoisotopic (exact) mass is 323 g/mol. The van der Waals surface area contributed by atoms with Crippen LogP contribution in [0.25, 0.3) is 0 Å². The Bertz CT molecular complexity index is 425. The van der Waals surface area contributed by atoms with Crippen LogP contribution < -0.4 is 5.32 Å². The summed E-state index contributed by atoms with van der Waals surface area (Å²) >= 11 is 3.24. The molecule has 0 radical (unpaired) electrons. The van der Waals surface area contributed by atoms with Gasteiger partial charge in [0, 0.05) is 16.1 Å². The standard InChI is InChI=1S/C12H13BrF3NO/c1-7-3-9(5-10(13)4-7)11(18)17-8(2)6-12(14,15)16/h3-5,8H,6H2,1-2H3,(H,17,18). The Kier molecular flexibility index (Phi) is 4.78. The van der Waals surface area contributed by atoms with Gasteiger partial charge in [-0.3, -0.25) is 4.79 Å². The number of rotatable bonds is 3. The van der Waals surface area contributed by atoms with Crippen LogP contribution >= 0.6 is 15.9 Å². The van der Waals surface area contributed by atoms with E-state index in [1.165, 1.54) is 6.92 Å². The van der Waals surface area contributed by atoms with Crippen molar-refractivity contribution in [2.45, 2.75) is 32.5 Å². The highest BCUT2D eigenvalue weighted by atomic mass is 79.9. The van der Waals surface area contributed by atoms with Crippen LogP contribution in [0.1, 0.15) is 29.3 Å². The van der Waals surface area contributed by atoms with E-state index in [0.717, 1.165) is 10.0 Å². The van der Waals surface area contributed by atoms with Crippen molar-refractivity contribution in [1.29, 1.82) is 0 Å². The molecule has 1 unspecified atom stereocenters. The lowest BCUT2D eigenvalue weighted by Crippen LogP contribution is -2.35. The molecule has 0 saturated heterocycles. The van der Waals surface area contributed by atoms with Crippen molar-refractivity contribution in [2.24, 2.45) is 0 Å². The third kappa shape index (κ3) is 5.08. The van der Waals surface area contributed by atoms with E-state index < -0.39 is 24.5 Å². The number of alkyl halides is 3. The van der Waals surface area contributed by atoms with Gasteiger partial charge in [0.1, 0.15) is 0 Å². The minimum absolute atomic E-state index is 0.343. The number of halogens is 4. The van der Waals surface area contributed by atoms with E-state index in [-0.39, 0.29) is 0 Å². The lowest BCUT2D eigenvalue weighted by molar-refractivity contribution is -0.138. The van der Waals surface area contributed by atoms with Crippen molar-refractivity contribution < 1.29 is 18.0 Å². The van der Waals surface area contributed by atoms with Gasteiger partial charge in [0.25, 0.3) is 5.91 Å². The summed E-state index contributed by atoms with van der Waals surface area (Å²) in [5, 5.41) is 2.33. The SMILES string of the molecule is Cc1cc(Br)cc(C(=O)NC(C)CC(F)(F)F)c1. The number of carbonyl (C=O) groups excluding carboxylic acids is 1. The average Bonchev–Trinajstić information content (AvgIpc) is 2.12. The minimum atomic E-state index is -4.28. The number of aryl methyl sites for hydroxylation is 1. The van der Waals surface area contributed by atoms with E-state index in [1.807, 2.05) is 6.07 Å². The van der Waals surface area contributed by atoms with Crippen LogP contribution in [0.15, 0.2) is 22.7 Å². The van der Waals surface area contributed by atoms with Gasteiger partial charge in [0.05, 0.1) is 6.42 Å². The zero-order valence-corrected chi connectivity index (χ0v) is 11.5. The summed E-state index contributed by atoms with van der Waals surface area (Å²) in [6, 6.07) is 4.07. The van der Waals surface area contributed by atoms with E-state index in [9.17, 15) is 18.0 Å². The highest BCUT2D eigenvalue weighted by Gasteiger charge is 2.30. The molecule has 1 N–H and O–H groups in total. The highest BCUT2D eigenvalue weighted by Crippen LogP contribution is 2.21. The fourth-order valence-electron chi connectivity index (χ4n) is 1.57. The maximum atomic E-state index is 12.1. The summed E-state index contributed by atoms with van der Waals surface area (Å²) in [5.41, 5.74) is 1.20. The van der Waals surface area contributed by atoms with Gasteiger partial charge < -0.3 is 5.32 Å². The Balaban J connectivity index is 2.70. The van der Waals surface area contributed by atoms with Gasteiger partial charge in [-0.1, -0.05) is 15.9 Å². The van der Waals surface area contributed by atoms with Crippen molar-refractivity contribution in [3.05, 3.63) is 33.8 Å². The lowest BCUT2D eigenvalue weighted by Gasteiger charge is -2.16. The summed E-state index contributed by atoms with van der Waals surface area (Å²) in [4.78, 5) is 11.7. The molecule has 0 fully saturated rings. The molecule has 6 heteroatoms. The lowest BCUT2D eigenvalue weighted by atomic mass is 10.1. The third-order valence-electron chi connectivity index (χ3n) is 2.22. The molecule has 2 nitrogen and oxygen atoms in total. The predicted octanol–water partition coefficient (Wildman–Crippen LogP) is 3.83. The molecule has 0 aliphatic rings. The summed E-state index contributed by atoms with van der Waals surface area (Å²) in [6.07, 6.45) is -5.31. The number of hydrogen-bond acceptors (Lipinski definition) is 1. The maximum Gasteiger partial charge on any atom is 0.391 e.